The van der Waals surface area contributed by atoms with E-state index >= 15 is 0 Å². The molecule has 1 unspecified atom stereocenters. The minimum Gasteiger partial charge on any atom is -0.369 e. The Bertz CT molecular complexity index is 393. The van der Waals surface area contributed by atoms with Crippen LogP contribution in [0.4, 0.5) is 11.6 Å². The van der Waals surface area contributed by atoms with Gasteiger partial charge in [0.25, 0.3) is 0 Å². The van der Waals surface area contributed by atoms with Crippen molar-refractivity contribution < 1.29 is 0 Å². The van der Waals surface area contributed by atoms with E-state index in [9.17, 15) is 0 Å². The lowest BCUT2D eigenvalue weighted by Crippen LogP contribution is -2.29. The van der Waals surface area contributed by atoms with Crippen LogP contribution < -0.4 is 10.6 Å². The minimum atomic E-state index is 0.655. The molecule has 5 heteroatoms. The second kappa shape index (κ2) is 6.70. The summed E-state index contributed by atoms with van der Waals surface area (Å²) in [6, 6.07) is 0.655. The Kier molecular flexibility index (Phi) is 4.96. The highest BCUT2D eigenvalue weighted by Gasteiger charge is 2.23. The van der Waals surface area contributed by atoms with Crippen LogP contribution >= 0.6 is 0 Å². The van der Waals surface area contributed by atoms with Gasteiger partial charge in [0, 0.05) is 25.7 Å². The predicted octanol–water partition coefficient (Wildman–Crippen LogP) is 2.05. The highest BCUT2D eigenvalue weighted by Crippen LogP contribution is 2.19. The van der Waals surface area contributed by atoms with Crippen molar-refractivity contribution >= 4 is 11.6 Å². The quantitative estimate of drug-likeness (QED) is 0.822. The highest BCUT2D eigenvalue weighted by molar-refractivity contribution is 5.41. The molecule has 1 aliphatic rings. The molecule has 1 aromatic rings. The summed E-state index contributed by atoms with van der Waals surface area (Å²) >= 11 is 0. The number of nitrogens with zero attached hydrogens (tertiary/aromatic N) is 3. The lowest BCUT2D eigenvalue weighted by atomic mass is 10.1. The number of likely N-dealkylation sites (tertiary alicyclic amines) is 1. The van der Waals surface area contributed by atoms with Crippen LogP contribution in [0.2, 0.25) is 0 Å². The predicted molar refractivity (Wildman–Crippen MR) is 79.5 cm³/mol. The van der Waals surface area contributed by atoms with Crippen LogP contribution in [0.1, 0.15) is 27.2 Å². The Hall–Kier alpha value is -1.36. The van der Waals surface area contributed by atoms with Gasteiger partial charge in [0.05, 0.1) is 12.4 Å². The summed E-state index contributed by atoms with van der Waals surface area (Å²) in [6.45, 7) is 10.8. The number of hydrogen-bond donors (Lipinski definition) is 2. The largest absolute Gasteiger partial charge is 0.369 e. The van der Waals surface area contributed by atoms with Gasteiger partial charge in [-0.25, -0.2) is 4.98 Å². The summed E-state index contributed by atoms with van der Waals surface area (Å²) in [7, 11) is 0. The molecule has 19 heavy (non-hydrogen) atoms. The zero-order valence-corrected chi connectivity index (χ0v) is 12.2. The van der Waals surface area contributed by atoms with Crippen LogP contribution in [-0.2, 0) is 0 Å². The summed E-state index contributed by atoms with van der Waals surface area (Å²) in [5, 5.41) is 6.58. The van der Waals surface area contributed by atoms with Gasteiger partial charge in [0.2, 0.25) is 0 Å². The van der Waals surface area contributed by atoms with E-state index in [1.54, 1.807) is 12.4 Å². The second-order valence-corrected chi connectivity index (χ2v) is 5.44. The van der Waals surface area contributed by atoms with E-state index in [1.165, 1.54) is 19.5 Å². The van der Waals surface area contributed by atoms with E-state index in [0.717, 1.165) is 24.7 Å². The molecular weight excluding hydrogens is 238 g/mol. The molecule has 1 aromatic heterocycles. The van der Waals surface area contributed by atoms with Crippen LogP contribution in [0.3, 0.4) is 0 Å². The molecule has 0 bridgehead atoms. The van der Waals surface area contributed by atoms with Crippen molar-refractivity contribution in [2.45, 2.75) is 33.2 Å². The first kappa shape index (κ1) is 14.1. The van der Waals surface area contributed by atoms with Gasteiger partial charge in [-0.1, -0.05) is 0 Å². The molecule has 1 saturated heterocycles. The van der Waals surface area contributed by atoms with Crippen molar-refractivity contribution in [2.24, 2.45) is 5.92 Å². The molecule has 1 atom stereocenters. The molecule has 0 radical (unpaired) electrons. The molecule has 0 spiro atoms. The number of aromatic nitrogens is 2. The molecule has 0 aliphatic carbocycles. The summed E-state index contributed by atoms with van der Waals surface area (Å²) in [5.41, 5.74) is 0. The van der Waals surface area contributed by atoms with Crippen LogP contribution in [0.5, 0.6) is 0 Å². The third-order valence-corrected chi connectivity index (χ3v) is 3.61. The SMILES string of the molecule is CCNc1cncc(NCC2CCN(C(C)C)C2)n1. The van der Waals surface area contributed by atoms with Gasteiger partial charge in [-0.3, -0.25) is 4.98 Å². The van der Waals surface area contributed by atoms with E-state index in [4.69, 9.17) is 0 Å². The van der Waals surface area contributed by atoms with Crippen LogP contribution in [-0.4, -0.2) is 47.1 Å². The zero-order chi connectivity index (χ0) is 13.7. The van der Waals surface area contributed by atoms with Crippen molar-refractivity contribution in [1.82, 2.24) is 14.9 Å². The van der Waals surface area contributed by atoms with Gasteiger partial charge >= 0.3 is 0 Å². The fourth-order valence-corrected chi connectivity index (χ4v) is 2.46. The van der Waals surface area contributed by atoms with E-state index in [0.29, 0.717) is 12.0 Å². The van der Waals surface area contributed by atoms with Crippen LogP contribution in [0.25, 0.3) is 0 Å². The standard InChI is InChI=1S/C14H25N5/c1-4-16-13-8-15-9-14(18-13)17-7-12-5-6-19(10-12)11(2)3/h8-9,11-12H,4-7,10H2,1-3H3,(H2,16,17,18). The number of nitrogens with one attached hydrogen (secondary N) is 2. The van der Waals surface area contributed by atoms with Gasteiger partial charge in [0.1, 0.15) is 11.6 Å². The number of rotatable bonds is 6. The molecule has 5 nitrogen and oxygen atoms in total. The number of anilines is 2. The van der Waals surface area contributed by atoms with Gasteiger partial charge < -0.3 is 15.5 Å². The molecule has 2 rings (SSSR count). The first-order chi connectivity index (χ1) is 9.19. The Labute approximate surface area is 115 Å². The maximum atomic E-state index is 4.48. The summed E-state index contributed by atoms with van der Waals surface area (Å²) in [5.74, 6) is 2.41. The first-order valence-electron chi connectivity index (χ1n) is 7.23. The van der Waals surface area contributed by atoms with E-state index in [-0.39, 0.29) is 0 Å². The van der Waals surface area contributed by atoms with Crippen LogP contribution in [0, 0.1) is 5.92 Å². The van der Waals surface area contributed by atoms with Gasteiger partial charge in [-0.05, 0) is 39.7 Å². The van der Waals surface area contributed by atoms with Crippen LogP contribution in [0.15, 0.2) is 12.4 Å². The van der Waals surface area contributed by atoms with Crippen molar-refractivity contribution in [2.75, 3.05) is 36.8 Å². The average molecular weight is 263 g/mol. The Balaban J connectivity index is 1.81. The van der Waals surface area contributed by atoms with E-state index in [1.807, 2.05) is 0 Å². The maximum absolute atomic E-state index is 4.48. The Morgan fingerprint density at radius 1 is 1.32 bits per heavy atom. The summed E-state index contributed by atoms with van der Waals surface area (Å²) < 4.78 is 0. The van der Waals surface area contributed by atoms with E-state index in [2.05, 4.69) is 46.3 Å². The normalized spacial score (nSPS) is 19.9. The molecule has 106 valence electrons. The molecule has 2 N–H and O–H groups in total. The summed E-state index contributed by atoms with van der Waals surface area (Å²) in [6.07, 6.45) is 4.81. The third kappa shape index (κ3) is 4.06. The second-order valence-electron chi connectivity index (χ2n) is 5.44. The molecule has 0 saturated carbocycles. The topological polar surface area (TPSA) is 53.1 Å². The fourth-order valence-electron chi connectivity index (χ4n) is 2.46. The highest BCUT2D eigenvalue weighted by atomic mass is 15.2. The van der Waals surface area contributed by atoms with Crippen molar-refractivity contribution in [3.05, 3.63) is 12.4 Å². The lowest BCUT2D eigenvalue weighted by molar-refractivity contribution is 0.266. The van der Waals surface area contributed by atoms with Crippen molar-refractivity contribution in [3.63, 3.8) is 0 Å². The Morgan fingerprint density at radius 2 is 2.05 bits per heavy atom. The minimum absolute atomic E-state index is 0.655. The molecule has 1 aliphatic heterocycles. The van der Waals surface area contributed by atoms with Crippen molar-refractivity contribution in [1.29, 1.82) is 0 Å². The molecule has 1 fully saturated rings. The zero-order valence-electron chi connectivity index (χ0n) is 12.2. The van der Waals surface area contributed by atoms with Gasteiger partial charge in [-0.15, -0.1) is 0 Å². The smallest absolute Gasteiger partial charge is 0.146 e. The Morgan fingerprint density at radius 3 is 2.68 bits per heavy atom. The lowest BCUT2D eigenvalue weighted by Gasteiger charge is -2.20. The molecule has 2 heterocycles. The van der Waals surface area contributed by atoms with E-state index < -0.39 is 0 Å². The number of hydrogen-bond acceptors (Lipinski definition) is 5. The third-order valence-electron chi connectivity index (χ3n) is 3.61. The fraction of sp³-hybridized carbons (Fsp3) is 0.714. The average Bonchev–Trinajstić information content (AvgIpc) is 2.86. The van der Waals surface area contributed by atoms with Gasteiger partial charge in [-0.2, -0.15) is 0 Å². The first-order valence-corrected chi connectivity index (χ1v) is 7.23. The molecular formula is C14H25N5. The molecule has 0 amide bonds. The maximum Gasteiger partial charge on any atom is 0.146 e. The summed E-state index contributed by atoms with van der Waals surface area (Å²) in [4.78, 5) is 11.2. The van der Waals surface area contributed by atoms with Crippen molar-refractivity contribution in [3.8, 4) is 0 Å². The monoisotopic (exact) mass is 263 g/mol. The van der Waals surface area contributed by atoms with Gasteiger partial charge in [0.15, 0.2) is 0 Å². The molecule has 0 aromatic carbocycles.